The van der Waals surface area contributed by atoms with Gasteiger partial charge in [-0.1, -0.05) is 23.2 Å². The van der Waals surface area contributed by atoms with E-state index in [1.165, 1.54) is 0 Å². The first-order valence-electron chi connectivity index (χ1n) is 2.42. The highest BCUT2D eigenvalue weighted by Gasteiger charge is 2.09. The largest absolute Gasteiger partial charge is 0.118 e. The lowest BCUT2D eigenvalue weighted by Gasteiger charge is -2.07. The standard InChI is InChI=1S/C6H4Cl3/c7-4-1-5(8)3-6(9)2-4/h1-4H. The Morgan fingerprint density at radius 3 is 2.33 bits per heavy atom. The fourth-order valence-corrected chi connectivity index (χ4v) is 1.54. The lowest BCUT2D eigenvalue weighted by atomic mass is 10.2. The number of hydrogen-bond donors (Lipinski definition) is 0. The zero-order valence-electron chi connectivity index (χ0n) is 4.44. The van der Waals surface area contributed by atoms with E-state index >= 15 is 0 Å². The summed E-state index contributed by atoms with van der Waals surface area (Å²) in [4.78, 5) is 0. The van der Waals surface area contributed by atoms with E-state index < -0.39 is 0 Å². The van der Waals surface area contributed by atoms with Crippen LogP contribution < -0.4 is 0 Å². The van der Waals surface area contributed by atoms with Crippen LogP contribution in [0.25, 0.3) is 0 Å². The van der Waals surface area contributed by atoms with E-state index in [-0.39, 0.29) is 5.38 Å². The van der Waals surface area contributed by atoms with E-state index in [0.717, 1.165) is 0 Å². The fraction of sp³-hybridized carbons (Fsp3) is 0.167. The summed E-state index contributed by atoms with van der Waals surface area (Å²) in [5.74, 6) is 0. The first kappa shape index (κ1) is 7.46. The van der Waals surface area contributed by atoms with Gasteiger partial charge in [0.25, 0.3) is 0 Å². The molecule has 0 saturated heterocycles. The predicted octanol–water partition coefficient (Wildman–Crippen LogP) is 3.06. The van der Waals surface area contributed by atoms with E-state index in [1.807, 2.05) is 0 Å². The van der Waals surface area contributed by atoms with Crippen LogP contribution in [0.5, 0.6) is 0 Å². The van der Waals surface area contributed by atoms with Crippen molar-refractivity contribution in [1.82, 2.24) is 0 Å². The zero-order valence-corrected chi connectivity index (χ0v) is 6.71. The van der Waals surface area contributed by atoms with Gasteiger partial charge in [-0.15, -0.1) is 11.6 Å². The maximum Gasteiger partial charge on any atom is 0.0617 e. The first-order valence-corrected chi connectivity index (χ1v) is 3.61. The average Bonchev–Trinajstić information content (AvgIpc) is 1.59. The number of hydrogen-bond acceptors (Lipinski definition) is 0. The SMILES string of the molecule is ClC1=CC(Cl)=CC(Cl)[CH]1. The van der Waals surface area contributed by atoms with Gasteiger partial charge < -0.3 is 0 Å². The van der Waals surface area contributed by atoms with Crippen molar-refractivity contribution in [3.05, 3.63) is 28.6 Å². The average molecular weight is 182 g/mol. The summed E-state index contributed by atoms with van der Waals surface area (Å²) in [5.41, 5.74) is 0. The summed E-state index contributed by atoms with van der Waals surface area (Å²) in [7, 11) is 0. The molecule has 0 amide bonds. The van der Waals surface area contributed by atoms with Gasteiger partial charge in [0, 0.05) is 16.5 Å². The van der Waals surface area contributed by atoms with E-state index in [2.05, 4.69) is 0 Å². The van der Waals surface area contributed by atoms with Crippen LogP contribution >= 0.6 is 34.8 Å². The molecule has 0 aromatic heterocycles. The monoisotopic (exact) mass is 181 g/mol. The Kier molecular flexibility index (Phi) is 2.45. The molecule has 49 valence electrons. The summed E-state index contributed by atoms with van der Waals surface area (Å²) in [6.45, 7) is 0. The molecule has 1 aliphatic rings. The second-order valence-corrected chi connectivity index (χ2v) is 3.07. The molecular formula is C6H4Cl3. The van der Waals surface area contributed by atoms with Gasteiger partial charge in [-0.25, -0.2) is 0 Å². The molecule has 1 rings (SSSR count). The quantitative estimate of drug-likeness (QED) is 0.505. The van der Waals surface area contributed by atoms with Crippen molar-refractivity contribution in [1.29, 1.82) is 0 Å². The topological polar surface area (TPSA) is 0 Å². The minimum atomic E-state index is -0.157. The van der Waals surface area contributed by atoms with E-state index in [9.17, 15) is 0 Å². The molecule has 0 aromatic carbocycles. The molecule has 0 aromatic rings. The van der Waals surface area contributed by atoms with Crippen LogP contribution in [0.1, 0.15) is 0 Å². The van der Waals surface area contributed by atoms with Crippen molar-refractivity contribution < 1.29 is 0 Å². The Bertz CT molecular complexity index is 169. The Labute approximate surface area is 69.1 Å². The normalized spacial score (nSPS) is 27.2. The summed E-state index contributed by atoms with van der Waals surface area (Å²) in [6.07, 6.45) is 5.09. The Morgan fingerprint density at radius 2 is 1.89 bits per heavy atom. The van der Waals surface area contributed by atoms with Crippen molar-refractivity contribution in [3.8, 4) is 0 Å². The molecule has 9 heavy (non-hydrogen) atoms. The number of halogens is 3. The minimum absolute atomic E-state index is 0.157. The van der Waals surface area contributed by atoms with Crippen LogP contribution in [0.2, 0.25) is 0 Å². The molecular weight excluding hydrogens is 178 g/mol. The van der Waals surface area contributed by atoms with Gasteiger partial charge >= 0.3 is 0 Å². The second-order valence-electron chi connectivity index (χ2n) is 1.69. The smallest absolute Gasteiger partial charge is 0.0617 e. The lowest BCUT2D eigenvalue weighted by molar-refractivity contribution is 1.25. The van der Waals surface area contributed by atoms with E-state index in [4.69, 9.17) is 34.8 Å². The van der Waals surface area contributed by atoms with Crippen molar-refractivity contribution in [2.24, 2.45) is 0 Å². The van der Waals surface area contributed by atoms with Gasteiger partial charge in [0.05, 0.1) is 5.38 Å². The third-order valence-electron chi connectivity index (χ3n) is 0.913. The van der Waals surface area contributed by atoms with Crippen LogP contribution in [0.4, 0.5) is 0 Å². The highest BCUT2D eigenvalue weighted by molar-refractivity contribution is 6.37. The molecule has 3 heteroatoms. The third-order valence-corrected chi connectivity index (χ3v) is 1.63. The first-order chi connectivity index (χ1) is 4.18. The molecule has 1 atom stereocenters. The van der Waals surface area contributed by atoms with Gasteiger partial charge in [-0.2, -0.15) is 0 Å². The summed E-state index contributed by atoms with van der Waals surface area (Å²) in [6, 6.07) is 0. The minimum Gasteiger partial charge on any atom is -0.118 e. The number of allylic oxidation sites excluding steroid dienone is 4. The van der Waals surface area contributed by atoms with Crippen LogP contribution in [-0.2, 0) is 0 Å². The molecule has 0 heterocycles. The van der Waals surface area contributed by atoms with Gasteiger partial charge in [0.1, 0.15) is 0 Å². The third kappa shape index (κ3) is 2.21. The molecule has 0 spiro atoms. The van der Waals surface area contributed by atoms with E-state index in [0.29, 0.717) is 10.1 Å². The summed E-state index contributed by atoms with van der Waals surface area (Å²) < 4.78 is 0. The zero-order chi connectivity index (χ0) is 6.85. The van der Waals surface area contributed by atoms with E-state index in [1.54, 1.807) is 18.6 Å². The van der Waals surface area contributed by atoms with Crippen molar-refractivity contribution in [2.75, 3.05) is 0 Å². The maximum absolute atomic E-state index is 5.66. The Morgan fingerprint density at radius 1 is 1.22 bits per heavy atom. The maximum atomic E-state index is 5.66. The van der Waals surface area contributed by atoms with Crippen LogP contribution in [0, 0.1) is 6.42 Å². The summed E-state index contributed by atoms with van der Waals surface area (Å²) >= 11 is 16.9. The fourth-order valence-electron chi connectivity index (χ4n) is 0.580. The highest BCUT2D eigenvalue weighted by atomic mass is 35.5. The molecule has 1 radical (unpaired) electrons. The Hall–Kier alpha value is 0.350. The number of alkyl halides is 1. The van der Waals surface area contributed by atoms with Gasteiger partial charge in [0.2, 0.25) is 0 Å². The van der Waals surface area contributed by atoms with Crippen molar-refractivity contribution in [2.45, 2.75) is 5.38 Å². The molecule has 1 unspecified atom stereocenters. The van der Waals surface area contributed by atoms with Gasteiger partial charge in [-0.3, -0.25) is 0 Å². The van der Waals surface area contributed by atoms with Crippen LogP contribution in [0.15, 0.2) is 22.2 Å². The lowest BCUT2D eigenvalue weighted by Crippen LogP contribution is -1.99. The van der Waals surface area contributed by atoms with Crippen molar-refractivity contribution in [3.63, 3.8) is 0 Å². The molecule has 0 nitrogen and oxygen atoms in total. The van der Waals surface area contributed by atoms with Crippen LogP contribution in [-0.4, -0.2) is 5.38 Å². The molecule has 0 aliphatic heterocycles. The Balaban J connectivity index is 2.74. The molecule has 0 N–H and O–H groups in total. The number of rotatable bonds is 0. The predicted molar refractivity (Wildman–Crippen MR) is 41.8 cm³/mol. The van der Waals surface area contributed by atoms with Crippen LogP contribution in [0.3, 0.4) is 0 Å². The van der Waals surface area contributed by atoms with Gasteiger partial charge in [-0.05, 0) is 12.2 Å². The summed E-state index contributed by atoms with van der Waals surface area (Å²) in [5, 5.41) is 1.04. The molecule has 1 aliphatic carbocycles. The molecule has 0 fully saturated rings. The van der Waals surface area contributed by atoms with Crippen molar-refractivity contribution >= 4 is 34.8 Å². The second kappa shape index (κ2) is 2.96. The molecule has 0 bridgehead atoms. The van der Waals surface area contributed by atoms with Gasteiger partial charge in [0.15, 0.2) is 0 Å². The highest BCUT2D eigenvalue weighted by Crippen LogP contribution is 2.24. The molecule has 0 saturated carbocycles.